The fourth-order valence-electron chi connectivity index (χ4n) is 3.15. The second-order valence-electron chi connectivity index (χ2n) is 6.47. The molecule has 3 atom stereocenters. The lowest BCUT2D eigenvalue weighted by Gasteiger charge is -2.08. The fourth-order valence-corrected chi connectivity index (χ4v) is 3.15. The minimum atomic E-state index is -1.17. The zero-order valence-electron chi connectivity index (χ0n) is 15.4. The smallest absolute Gasteiger partial charge is 0.407 e. The number of carbonyl (C=O) groups is 4. The summed E-state index contributed by atoms with van der Waals surface area (Å²) in [6.45, 7) is 3.46. The Morgan fingerprint density at radius 2 is 1.31 bits per heavy atom. The molecule has 9 heteroatoms. The van der Waals surface area contributed by atoms with E-state index in [1.54, 1.807) is 0 Å². The number of amides is 3. The van der Waals surface area contributed by atoms with Crippen LogP contribution in [0, 0.1) is 17.8 Å². The van der Waals surface area contributed by atoms with Gasteiger partial charge in [0.05, 0.1) is 13.2 Å². The van der Waals surface area contributed by atoms with Gasteiger partial charge in [0.1, 0.15) is 13.1 Å². The summed E-state index contributed by atoms with van der Waals surface area (Å²) in [7, 11) is 0. The Labute approximate surface area is 153 Å². The molecule has 0 aromatic carbocycles. The predicted molar refractivity (Wildman–Crippen MR) is 93.3 cm³/mol. The number of carboxylic acid groups (broad SMARTS) is 1. The van der Waals surface area contributed by atoms with Crippen molar-refractivity contribution in [3.8, 4) is 0 Å². The molecule has 148 valence electrons. The van der Waals surface area contributed by atoms with Crippen molar-refractivity contribution in [2.24, 2.45) is 17.8 Å². The number of carboxylic acids is 1. The lowest BCUT2D eigenvalue weighted by Crippen LogP contribution is -2.43. The highest BCUT2D eigenvalue weighted by molar-refractivity contribution is 5.88. The third kappa shape index (κ3) is 8.17. The van der Waals surface area contributed by atoms with Crippen molar-refractivity contribution in [3.05, 3.63) is 0 Å². The molecule has 1 fully saturated rings. The average Bonchev–Trinajstić information content (AvgIpc) is 3.25. The van der Waals surface area contributed by atoms with Gasteiger partial charge in [-0.25, -0.2) is 4.79 Å². The van der Waals surface area contributed by atoms with Crippen LogP contribution in [0.1, 0.15) is 39.5 Å². The van der Waals surface area contributed by atoms with E-state index in [0.717, 1.165) is 25.7 Å². The first kappa shape index (κ1) is 21.7. The van der Waals surface area contributed by atoms with E-state index in [1.165, 1.54) is 0 Å². The Morgan fingerprint density at radius 1 is 0.808 bits per heavy atom. The number of hydrogen-bond donors (Lipinski definition) is 4. The van der Waals surface area contributed by atoms with Crippen LogP contribution in [0.4, 0.5) is 4.79 Å². The summed E-state index contributed by atoms with van der Waals surface area (Å²) in [4.78, 5) is 44.7. The monoisotopic (exact) mass is 371 g/mol. The van der Waals surface area contributed by atoms with E-state index >= 15 is 0 Å². The summed E-state index contributed by atoms with van der Waals surface area (Å²) in [6.07, 6.45) is 3.87. The maximum atomic E-state index is 11.7. The molecule has 0 bridgehead atoms. The molecule has 26 heavy (non-hydrogen) atoms. The molecule has 9 nitrogen and oxygen atoms in total. The number of carbonyl (C=O) groups excluding carboxylic acids is 3. The van der Waals surface area contributed by atoms with Crippen LogP contribution in [0.3, 0.4) is 0 Å². The standard InChI is InChI=1S/C17H29N3O6/c1-3-5-11-12(6-4-2)13(11)10-26-17(25)20-8-15(22)18-7-14(21)19-9-16(23)24/h11-13H,3-10H2,1-2H3,(H,18,22)(H,19,21)(H,20,25)(H,23,24)/t11-,12+,13-. The van der Waals surface area contributed by atoms with E-state index in [0.29, 0.717) is 24.4 Å². The lowest BCUT2D eigenvalue weighted by atomic mass is 10.1. The zero-order chi connectivity index (χ0) is 19.5. The molecule has 1 aliphatic carbocycles. The van der Waals surface area contributed by atoms with E-state index in [9.17, 15) is 19.2 Å². The van der Waals surface area contributed by atoms with Crippen LogP contribution in [0.25, 0.3) is 0 Å². The van der Waals surface area contributed by atoms with Gasteiger partial charge in [-0.3, -0.25) is 14.4 Å². The van der Waals surface area contributed by atoms with Crippen molar-refractivity contribution >= 4 is 23.9 Å². The van der Waals surface area contributed by atoms with Gasteiger partial charge in [-0.05, 0) is 17.8 Å². The Kier molecular flexibility index (Phi) is 9.46. The highest BCUT2D eigenvalue weighted by Crippen LogP contribution is 2.51. The molecule has 1 rings (SSSR count). The number of hydrogen-bond acceptors (Lipinski definition) is 5. The van der Waals surface area contributed by atoms with Crippen LogP contribution < -0.4 is 16.0 Å². The second-order valence-corrected chi connectivity index (χ2v) is 6.47. The lowest BCUT2D eigenvalue weighted by molar-refractivity contribution is -0.137. The summed E-state index contributed by atoms with van der Waals surface area (Å²) in [5, 5.41) is 15.1. The van der Waals surface area contributed by atoms with Crippen LogP contribution in [0.15, 0.2) is 0 Å². The van der Waals surface area contributed by atoms with E-state index in [4.69, 9.17) is 9.84 Å². The van der Waals surface area contributed by atoms with Gasteiger partial charge in [0.2, 0.25) is 11.8 Å². The molecule has 0 aliphatic heterocycles. The summed E-state index contributed by atoms with van der Waals surface area (Å²) >= 11 is 0. The van der Waals surface area contributed by atoms with Crippen LogP contribution in [0.2, 0.25) is 0 Å². The van der Waals surface area contributed by atoms with E-state index in [2.05, 4.69) is 29.8 Å². The van der Waals surface area contributed by atoms with Crippen molar-refractivity contribution in [1.29, 1.82) is 0 Å². The normalized spacial score (nSPS) is 20.8. The van der Waals surface area contributed by atoms with Gasteiger partial charge in [-0.1, -0.05) is 39.5 Å². The average molecular weight is 371 g/mol. The Morgan fingerprint density at radius 3 is 1.81 bits per heavy atom. The third-order valence-electron chi connectivity index (χ3n) is 4.44. The molecule has 4 N–H and O–H groups in total. The van der Waals surface area contributed by atoms with Crippen molar-refractivity contribution in [3.63, 3.8) is 0 Å². The van der Waals surface area contributed by atoms with Gasteiger partial charge >= 0.3 is 12.1 Å². The molecule has 0 unspecified atom stereocenters. The quantitative estimate of drug-likeness (QED) is 0.394. The molecular formula is C17H29N3O6. The van der Waals surface area contributed by atoms with Crippen LogP contribution in [-0.4, -0.2) is 55.2 Å². The Bertz CT molecular complexity index is 499. The molecular weight excluding hydrogens is 342 g/mol. The van der Waals surface area contributed by atoms with Crippen LogP contribution in [-0.2, 0) is 19.1 Å². The molecule has 3 amide bonds. The fraction of sp³-hybridized carbons (Fsp3) is 0.765. The predicted octanol–water partition coefficient (Wildman–Crippen LogP) is 0.492. The number of aliphatic carboxylic acids is 1. The number of ether oxygens (including phenoxy) is 1. The van der Waals surface area contributed by atoms with Gasteiger partial charge in [-0.15, -0.1) is 0 Å². The SMILES string of the molecule is CCC[C@@H]1[C@H](CCC)[C@@H]1COC(=O)NCC(=O)NCC(=O)NCC(=O)O. The van der Waals surface area contributed by atoms with Gasteiger partial charge in [0.15, 0.2) is 0 Å². The molecule has 1 saturated carbocycles. The molecule has 0 radical (unpaired) electrons. The number of alkyl carbamates (subject to hydrolysis) is 1. The van der Waals surface area contributed by atoms with Crippen LogP contribution in [0.5, 0.6) is 0 Å². The highest BCUT2D eigenvalue weighted by atomic mass is 16.5. The molecule has 0 spiro atoms. The summed E-state index contributed by atoms with van der Waals surface area (Å²) in [6, 6.07) is 0. The number of nitrogens with one attached hydrogen (secondary N) is 3. The van der Waals surface area contributed by atoms with Crippen molar-refractivity contribution in [2.45, 2.75) is 39.5 Å². The molecule has 0 aromatic rings. The topological polar surface area (TPSA) is 134 Å². The molecule has 1 aliphatic rings. The minimum absolute atomic E-state index is 0.313. The second kappa shape index (κ2) is 11.3. The first-order valence-corrected chi connectivity index (χ1v) is 9.04. The number of rotatable bonds is 12. The first-order valence-electron chi connectivity index (χ1n) is 9.04. The largest absolute Gasteiger partial charge is 0.480 e. The van der Waals surface area contributed by atoms with Gasteiger partial charge < -0.3 is 25.8 Å². The molecule has 0 aromatic heterocycles. The molecule has 0 saturated heterocycles. The summed E-state index contributed by atoms with van der Waals surface area (Å²) in [5.74, 6) is -0.701. The van der Waals surface area contributed by atoms with Gasteiger partial charge in [0.25, 0.3) is 0 Å². The summed E-state index contributed by atoms with van der Waals surface area (Å²) in [5.41, 5.74) is 0. The van der Waals surface area contributed by atoms with E-state index in [1.807, 2.05) is 0 Å². The zero-order valence-corrected chi connectivity index (χ0v) is 15.4. The highest BCUT2D eigenvalue weighted by Gasteiger charge is 2.48. The Balaban J connectivity index is 2.15. The maximum Gasteiger partial charge on any atom is 0.407 e. The molecule has 0 heterocycles. The van der Waals surface area contributed by atoms with Gasteiger partial charge in [0, 0.05) is 0 Å². The Hall–Kier alpha value is -2.32. The summed E-state index contributed by atoms with van der Waals surface area (Å²) < 4.78 is 5.19. The third-order valence-corrected chi connectivity index (χ3v) is 4.44. The van der Waals surface area contributed by atoms with Crippen molar-refractivity contribution < 1.29 is 29.0 Å². The minimum Gasteiger partial charge on any atom is -0.480 e. The van der Waals surface area contributed by atoms with Gasteiger partial charge in [-0.2, -0.15) is 0 Å². The van der Waals surface area contributed by atoms with Crippen molar-refractivity contribution in [2.75, 3.05) is 26.2 Å². The first-order chi connectivity index (χ1) is 12.4. The van der Waals surface area contributed by atoms with Crippen molar-refractivity contribution in [1.82, 2.24) is 16.0 Å². The maximum absolute atomic E-state index is 11.7. The van der Waals surface area contributed by atoms with E-state index in [-0.39, 0.29) is 13.1 Å². The van der Waals surface area contributed by atoms with E-state index < -0.39 is 30.4 Å². The van der Waals surface area contributed by atoms with Crippen LogP contribution >= 0.6 is 0 Å².